The predicted molar refractivity (Wildman–Crippen MR) is 53.3 cm³/mol. The summed E-state index contributed by atoms with van der Waals surface area (Å²) in [5, 5.41) is 2.15. The SMILES string of the molecule is CC(N)C1(Cc2cccs2)CC1. The van der Waals surface area contributed by atoms with E-state index in [2.05, 4.69) is 24.4 Å². The van der Waals surface area contributed by atoms with Gasteiger partial charge in [-0.15, -0.1) is 11.3 Å². The minimum atomic E-state index is 0.361. The minimum Gasteiger partial charge on any atom is -0.327 e. The van der Waals surface area contributed by atoms with Crippen LogP contribution in [0.3, 0.4) is 0 Å². The molecule has 1 saturated carbocycles. The molecule has 1 aromatic rings. The normalized spacial score (nSPS) is 22.2. The summed E-state index contributed by atoms with van der Waals surface area (Å²) < 4.78 is 0. The van der Waals surface area contributed by atoms with Crippen molar-refractivity contribution < 1.29 is 0 Å². The van der Waals surface area contributed by atoms with Crippen LogP contribution >= 0.6 is 11.3 Å². The van der Waals surface area contributed by atoms with Crippen LogP contribution in [0.5, 0.6) is 0 Å². The van der Waals surface area contributed by atoms with Gasteiger partial charge in [0.25, 0.3) is 0 Å². The molecule has 1 atom stereocenters. The first kappa shape index (κ1) is 8.27. The second-order valence-corrected chi connectivity index (χ2v) is 4.94. The Balaban J connectivity index is 2.04. The first-order valence-electron chi connectivity index (χ1n) is 4.51. The Bertz CT molecular complexity index is 247. The third-order valence-electron chi connectivity index (χ3n) is 2.96. The molecule has 0 saturated heterocycles. The Hall–Kier alpha value is -0.340. The van der Waals surface area contributed by atoms with Crippen LogP contribution in [-0.2, 0) is 6.42 Å². The molecule has 1 aliphatic rings. The van der Waals surface area contributed by atoms with Gasteiger partial charge < -0.3 is 5.73 Å². The zero-order valence-corrected chi connectivity index (χ0v) is 8.23. The van der Waals surface area contributed by atoms with Crippen molar-refractivity contribution in [3.05, 3.63) is 22.4 Å². The summed E-state index contributed by atoms with van der Waals surface area (Å²) in [5.41, 5.74) is 6.42. The fourth-order valence-corrected chi connectivity index (χ4v) is 2.57. The van der Waals surface area contributed by atoms with Crippen molar-refractivity contribution in [2.45, 2.75) is 32.2 Å². The average Bonchev–Trinajstić information content (AvgIpc) is 2.60. The lowest BCUT2D eigenvalue weighted by Crippen LogP contribution is -2.29. The van der Waals surface area contributed by atoms with Crippen LogP contribution in [0.1, 0.15) is 24.6 Å². The molecule has 0 spiro atoms. The second kappa shape index (κ2) is 2.86. The lowest BCUT2D eigenvalue weighted by molar-refractivity contribution is 0.421. The van der Waals surface area contributed by atoms with Gasteiger partial charge in [-0.05, 0) is 43.0 Å². The van der Waals surface area contributed by atoms with Crippen molar-refractivity contribution in [3.8, 4) is 0 Å². The highest BCUT2D eigenvalue weighted by Crippen LogP contribution is 2.50. The lowest BCUT2D eigenvalue weighted by atomic mass is 9.94. The van der Waals surface area contributed by atoms with Crippen molar-refractivity contribution in [2.24, 2.45) is 11.1 Å². The molecule has 1 nitrogen and oxygen atoms in total. The van der Waals surface area contributed by atoms with Crippen LogP contribution < -0.4 is 5.73 Å². The molecule has 0 bridgehead atoms. The Morgan fingerprint density at radius 3 is 2.83 bits per heavy atom. The summed E-state index contributed by atoms with van der Waals surface area (Å²) >= 11 is 1.85. The molecule has 1 unspecified atom stereocenters. The Kier molecular flexibility index (Phi) is 1.97. The zero-order valence-electron chi connectivity index (χ0n) is 7.42. The third kappa shape index (κ3) is 1.41. The minimum absolute atomic E-state index is 0.361. The quantitative estimate of drug-likeness (QED) is 0.761. The summed E-state index contributed by atoms with van der Waals surface area (Å²) in [6.45, 7) is 2.14. The highest BCUT2D eigenvalue weighted by Gasteiger charge is 2.45. The van der Waals surface area contributed by atoms with Gasteiger partial charge in [-0.3, -0.25) is 0 Å². The smallest absolute Gasteiger partial charge is 0.00705 e. The van der Waals surface area contributed by atoms with E-state index in [9.17, 15) is 0 Å². The maximum Gasteiger partial charge on any atom is 0.00705 e. The largest absolute Gasteiger partial charge is 0.327 e. The summed E-state index contributed by atoms with van der Waals surface area (Å²) in [6, 6.07) is 4.70. The molecular formula is C10H15NS. The number of thiophene rings is 1. The van der Waals surface area contributed by atoms with E-state index in [1.165, 1.54) is 24.1 Å². The second-order valence-electron chi connectivity index (χ2n) is 3.91. The lowest BCUT2D eigenvalue weighted by Gasteiger charge is -2.18. The van der Waals surface area contributed by atoms with Crippen LogP contribution in [0, 0.1) is 5.41 Å². The van der Waals surface area contributed by atoms with Gasteiger partial charge in [-0.25, -0.2) is 0 Å². The maximum absolute atomic E-state index is 5.95. The summed E-state index contributed by atoms with van der Waals surface area (Å²) in [6.07, 6.45) is 3.84. The highest BCUT2D eigenvalue weighted by atomic mass is 32.1. The first-order chi connectivity index (χ1) is 5.73. The van der Waals surface area contributed by atoms with Gasteiger partial charge in [-0.2, -0.15) is 0 Å². The summed E-state index contributed by atoms with van der Waals surface area (Å²) in [7, 11) is 0. The predicted octanol–water partition coefficient (Wildman–Crippen LogP) is 2.42. The first-order valence-corrected chi connectivity index (χ1v) is 5.39. The number of hydrogen-bond donors (Lipinski definition) is 1. The standard InChI is InChI=1S/C10H15NS/c1-8(11)10(4-5-10)7-9-3-2-6-12-9/h2-3,6,8H,4-5,7,11H2,1H3. The molecular weight excluding hydrogens is 166 g/mol. The molecule has 12 heavy (non-hydrogen) atoms. The van der Waals surface area contributed by atoms with Gasteiger partial charge in [0.15, 0.2) is 0 Å². The van der Waals surface area contributed by atoms with E-state index >= 15 is 0 Å². The molecule has 0 aliphatic heterocycles. The van der Waals surface area contributed by atoms with Crippen LogP contribution in [-0.4, -0.2) is 6.04 Å². The fourth-order valence-electron chi connectivity index (χ4n) is 1.71. The van der Waals surface area contributed by atoms with E-state index in [4.69, 9.17) is 5.73 Å². The molecule has 1 heterocycles. The number of hydrogen-bond acceptors (Lipinski definition) is 2. The molecule has 66 valence electrons. The van der Waals surface area contributed by atoms with Crippen LogP contribution in [0.15, 0.2) is 17.5 Å². The summed E-state index contributed by atoms with van der Waals surface area (Å²) in [4.78, 5) is 1.49. The average molecular weight is 181 g/mol. The van der Waals surface area contributed by atoms with E-state index in [-0.39, 0.29) is 0 Å². The van der Waals surface area contributed by atoms with Crippen molar-refractivity contribution in [1.29, 1.82) is 0 Å². The van der Waals surface area contributed by atoms with Crippen LogP contribution in [0.4, 0.5) is 0 Å². The van der Waals surface area contributed by atoms with E-state index in [1.54, 1.807) is 0 Å². The molecule has 1 aromatic heterocycles. The van der Waals surface area contributed by atoms with Crippen molar-refractivity contribution in [2.75, 3.05) is 0 Å². The molecule has 0 amide bonds. The molecule has 0 aromatic carbocycles. The Morgan fingerprint density at radius 1 is 1.67 bits per heavy atom. The molecule has 2 rings (SSSR count). The van der Waals surface area contributed by atoms with Crippen molar-refractivity contribution in [1.82, 2.24) is 0 Å². The maximum atomic E-state index is 5.95. The van der Waals surface area contributed by atoms with E-state index < -0.39 is 0 Å². The van der Waals surface area contributed by atoms with E-state index in [0.29, 0.717) is 11.5 Å². The topological polar surface area (TPSA) is 26.0 Å². The summed E-state index contributed by atoms with van der Waals surface area (Å²) in [5.74, 6) is 0. The van der Waals surface area contributed by atoms with Gasteiger partial charge in [0.2, 0.25) is 0 Å². The van der Waals surface area contributed by atoms with Gasteiger partial charge in [0.1, 0.15) is 0 Å². The fraction of sp³-hybridized carbons (Fsp3) is 0.600. The van der Waals surface area contributed by atoms with Gasteiger partial charge in [0.05, 0.1) is 0 Å². The molecule has 0 radical (unpaired) electrons. The van der Waals surface area contributed by atoms with Gasteiger partial charge in [-0.1, -0.05) is 6.07 Å². The van der Waals surface area contributed by atoms with Crippen molar-refractivity contribution >= 4 is 11.3 Å². The van der Waals surface area contributed by atoms with Crippen molar-refractivity contribution in [3.63, 3.8) is 0 Å². The molecule has 1 fully saturated rings. The number of nitrogens with two attached hydrogens (primary N) is 1. The monoisotopic (exact) mass is 181 g/mol. The van der Waals surface area contributed by atoms with Gasteiger partial charge >= 0.3 is 0 Å². The van der Waals surface area contributed by atoms with Gasteiger partial charge in [0, 0.05) is 10.9 Å². The molecule has 2 heteroatoms. The van der Waals surface area contributed by atoms with Crippen LogP contribution in [0.2, 0.25) is 0 Å². The number of rotatable bonds is 3. The molecule has 2 N–H and O–H groups in total. The van der Waals surface area contributed by atoms with E-state index in [0.717, 1.165) is 0 Å². The Labute approximate surface area is 77.6 Å². The zero-order chi connectivity index (χ0) is 8.60. The highest BCUT2D eigenvalue weighted by molar-refractivity contribution is 7.09. The van der Waals surface area contributed by atoms with E-state index in [1.807, 2.05) is 11.3 Å². The van der Waals surface area contributed by atoms with Crippen LogP contribution in [0.25, 0.3) is 0 Å². The Morgan fingerprint density at radius 2 is 2.42 bits per heavy atom. The third-order valence-corrected chi connectivity index (χ3v) is 3.84. The molecule has 1 aliphatic carbocycles.